The summed E-state index contributed by atoms with van der Waals surface area (Å²) in [6, 6.07) is 0. The zero-order valence-electron chi connectivity index (χ0n) is 7.33. The SMILES string of the molecule is O=C([O-])C1CCC(OC(F)F)C1.[K+]. The fourth-order valence-corrected chi connectivity index (χ4v) is 1.42. The van der Waals surface area contributed by atoms with Crippen molar-refractivity contribution in [3.05, 3.63) is 0 Å². The normalized spacial score (nSPS) is 27.3. The van der Waals surface area contributed by atoms with Gasteiger partial charge in [0.05, 0.1) is 6.10 Å². The summed E-state index contributed by atoms with van der Waals surface area (Å²) >= 11 is 0. The van der Waals surface area contributed by atoms with Crippen molar-refractivity contribution in [2.45, 2.75) is 32.0 Å². The minimum atomic E-state index is -2.81. The second-order valence-corrected chi connectivity index (χ2v) is 2.85. The number of ether oxygens (including phenoxy) is 1. The van der Waals surface area contributed by atoms with Crippen molar-refractivity contribution in [2.75, 3.05) is 0 Å². The number of hydrogen-bond acceptors (Lipinski definition) is 3. The van der Waals surface area contributed by atoms with Crippen molar-refractivity contribution in [2.24, 2.45) is 5.92 Å². The first-order valence-corrected chi connectivity index (χ1v) is 3.74. The van der Waals surface area contributed by atoms with E-state index >= 15 is 0 Å². The predicted octanol–water partition coefficient (Wildman–Crippen LogP) is -2.85. The van der Waals surface area contributed by atoms with Crippen molar-refractivity contribution < 1.29 is 74.8 Å². The van der Waals surface area contributed by atoms with Gasteiger partial charge in [0, 0.05) is 11.9 Å². The van der Waals surface area contributed by atoms with Crippen LogP contribution in [0.5, 0.6) is 0 Å². The van der Waals surface area contributed by atoms with E-state index in [0.29, 0.717) is 12.8 Å². The number of aliphatic carboxylic acids is 1. The van der Waals surface area contributed by atoms with Gasteiger partial charge >= 0.3 is 58.0 Å². The Morgan fingerprint density at radius 3 is 2.46 bits per heavy atom. The van der Waals surface area contributed by atoms with E-state index in [2.05, 4.69) is 4.74 Å². The molecule has 1 aliphatic rings. The molecule has 2 atom stereocenters. The zero-order chi connectivity index (χ0) is 9.14. The number of hydrogen-bond donors (Lipinski definition) is 0. The van der Waals surface area contributed by atoms with Crippen LogP contribution in [0.2, 0.25) is 0 Å². The molecular weight excluding hydrogens is 209 g/mol. The largest absolute Gasteiger partial charge is 1.00 e. The van der Waals surface area contributed by atoms with Gasteiger partial charge in [0.25, 0.3) is 0 Å². The summed E-state index contributed by atoms with van der Waals surface area (Å²) in [6.07, 6.45) is 0.281. The second kappa shape index (κ2) is 6.42. The first kappa shape index (κ1) is 13.9. The Bertz CT molecular complexity index is 177. The van der Waals surface area contributed by atoms with Crippen LogP contribution in [0.15, 0.2) is 0 Å². The van der Waals surface area contributed by atoms with E-state index in [4.69, 9.17) is 0 Å². The third-order valence-corrected chi connectivity index (χ3v) is 2.01. The Labute approximate surface area is 117 Å². The van der Waals surface area contributed by atoms with E-state index in [1.165, 1.54) is 0 Å². The van der Waals surface area contributed by atoms with Gasteiger partial charge in [0.15, 0.2) is 0 Å². The smallest absolute Gasteiger partial charge is 0.550 e. The minimum Gasteiger partial charge on any atom is -0.550 e. The first-order valence-electron chi connectivity index (χ1n) is 3.74. The number of alkyl halides is 2. The molecule has 6 heteroatoms. The molecule has 70 valence electrons. The molecular formula is C7H9F2KO3. The third-order valence-electron chi connectivity index (χ3n) is 2.01. The van der Waals surface area contributed by atoms with Crippen LogP contribution in [0.4, 0.5) is 8.78 Å². The summed E-state index contributed by atoms with van der Waals surface area (Å²) in [6.45, 7) is -2.81. The molecule has 1 fully saturated rings. The molecule has 0 bridgehead atoms. The van der Waals surface area contributed by atoms with Crippen molar-refractivity contribution in [3.8, 4) is 0 Å². The van der Waals surface area contributed by atoms with Crippen LogP contribution in [0.1, 0.15) is 19.3 Å². The number of carbonyl (C=O) groups excluding carboxylic acids is 1. The summed E-state index contributed by atoms with van der Waals surface area (Å²) in [5.74, 6) is -1.79. The molecule has 0 heterocycles. The standard InChI is InChI=1S/C7H10F2O3.K/c8-7(9)12-5-2-1-4(3-5)6(10)11;/h4-5,7H,1-3H2,(H,10,11);/q;+1/p-1. The molecule has 0 amide bonds. The van der Waals surface area contributed by atoms with Gasteiger partial charge in [-0.05, 0) is 19.3 Å². The van der Waals surface area contributed by atoms with Gasteiger partial charge in [-0.15, -0.1) is 0 Å². The molecule has 2 unspecified atom stereocenters. The fourth-order valence-electron chi connectivity index (χ4n) is 1.42. The van der Waals surface area contributed by atoms with Gasteiger partial charge in [0.1, 0.15) is 0 Å². The maximum absolute atomic E-state index is 11.6. The maximum Gasteiger partial charge on any atom is 1.00 e. The minimum absolute atomic E-state index is 0. The molecule has 1 rings (SSSR count). The summed E-state index contributed by atoms with van der Waals surface area (Å²) < 4.78 is 27.4. The maximum atomic E-state index is 11.6. The van der Waals surface area contributed by atoms with Crippen LogP contribution in [0, 0.1) is 5.92 Å². The summed E-state index contributed by atoms with van der Waals surface area (Å²) in [7, 11) is 0. The monoisotopic (exact) mass is 218 g/mol. The average molecular weight is 218 g/mol. The van der Waals surface area contributed by atoms with Gasteiger partial charge < -0.3 is 14.6 Å². The molecule has 1 saturated carbocycles. The molecule has 0 aromatic carbocycles. The molecule has 0 spiro atoms. The Hall–Kier alpha value is 0.926. The van der Waals surface area contributed by atoms with Gasteiger partial charge in [-0.1, -0.05) is 0 Å². The number of carboxylic acids is 1. The summed E-state index contributed by atoms with van der Waals surface area (Å²) in [5, 5.41) is 10.3. The van der Waals surface area contributed by atoms with Crippen LogP contribution in [0.25, 0.3) is 0 Å². The molecule has 0 N–H and O–H groups in total. The van der Waals surface area contributed by atoms with Gasteiger partial charge in [-0.25, -0.2) is 0 Å². The second-order valence-electron chi connectivity index (χ2n) is 2.85. The Morgan fingerprint density at radius 1 is 1.46 bits per heavy atom. The van der Waals surface area contributed by atoms with Crippen LogP contribution >= 0.6 is 0 Å². The molecule has 0 aromatic heterocycles. The molecule has 3 nitrogen and oxygen atoms in total. The first-order chi connectivity index (χ1) is 5.59. The molecule has 13 heavy (non-hydrogen) atoms. The fraction of sp³-hybridized carbons (Fsp3) is 0.857. The van der Waals surface area contributed by atoms with Crippen LogP contribution in [0.3, 0.4) is 0 Å². The van der Waals surface area contributed by atoms with E-state index in [9.17, 15) is 18.7 Å². The van der Waals surface area contributed by atoms with Crippen LogP contribution < -0.4 is 56.5 Å². The number of halogens is 2. The number of rotatable bonds is 3. The van der Waals surface area contributed by atoms with Crippen molar-refractivity contribution >= 4 is 5.97 Å². The van der Waals surface area contributed by atoms with E-state index in [1.54, 1.807) is 0 Å². The van der Waals surface area contributed by atoms with Gasteiger partial charge in [-0.2, -0.15) is 8.78 Å². The Kier molecular flexibility index (Phi) is 6.87. The molecule has 0 radical (unpaired) electrons. The third kappa shape index (κ3) is 4.80. The Balaban J connectivity index is 0.00000144. The molecule has 0 saturated heterocycles. The average Bonchev–Trinajstić information content (AvgIpc) is 2.34. The van der Waals surface area contributed by atoms with E-state index in [0.717, 1.165) is 0 Å². The van der Waals surface area contributed by atoms with Gasteiger partial charge in [-0.3, -0.25) is 0 Å². The van der Waals surface area contributed by atoms with Crippen molar-refractivity contribution in [3.63, 3.8) is 0 Å². The van der Waals surface area contributed by atoms with Crippen LogP contribution in [-0.4, -0.2) is 18.7 Å². The predicted molar refractivity (Wildman–Crippen MR) is 33.2 cm³/mol. The van der Waals surface area contributed by atoms with Crippen LogP contribution in [-0.2, 0) is 9.53 Å². The Morgan fingerprint density at radius 2 is 2.08 bits per heavy atom. The quantitative estimate of drug-likeness (QED) is 0.479. The topological polar surface area (TPSA) is 49.4 Å². The van der Waals surface area contributed by atoms with E-state index < -0.39 is 24.6 Å². The summed E-state index contributed by atoms with van der Waals surface area (Å²) in [5.41, 5.74) is 0. The molecule has 0 aromatic rings. The van der Waals surface area contributed by atoms with E-state index in [-0.39, 0.29) is 57.8 Å². The van der Waals surface area contributed by atoms with E-state index in [1.807, 2.05) is 0 Å². The van der Waals surface area contributed by atoms with Gasteiger partial charge in [0.2, 0.25) is 0 Å². The van der Waals surface area contributed by atoms with Crippen molar-refractivity contribution in [1.29, 1.82) is 0 Å². The zero-order valence-corrected chi connectivity index (χ0v) is 10.5. The number of carboxylic acid groups (broad SMARTS) is 1. The molecule has 1 aliphatic carbocycles. The number of carbonyl (C=O) groups is 1. The summed E-state index contributed by atoms with van der Waals surface area (Å²) in [4.78, 5) is 10.3. The van der Waals surface area contributed by atoms with Crippen molar-refractivity contribution in [1.82, 2.24) is 0 Å². The molecule has 0 aliphatic heterocycles.